The second-order valence-corrected chi connectivity index (χ2v) is 11.7. The summed E-state index contributed by atoms with van der Waals surface area (Å²) >= 11 is 0. The number of unbranched alkanes of at least 4 members (excludes halogenated alkanes) is 5. The second kappa shape index (κ2) is 15.3. The number of alkyl carbamates (subject to hydrolysis) is 1. The van der Waals surface area contributed by atoms with Crippen molar-refractivity contribution in [3.8, 4) is 0 Å². The predicted molar refractivity (Wildman–Crippen MR) is 149 cm³/mol. The van der Waals surface area contributed by atoms with Crippen molar-refractivity contribution in [3.63, 3.8) is 0 Å². The van der Waals surface area contributed by atoms with Crippen molar-refractivity contribution >= 4 is 23.8 Å². The minimum absolute atomic E-state index is 0.271. The molecule has 0 bridgehead atoms. The molecule has 9 heteroatoms. The van der Waals surface area contributed by atoms with Crippen molar-refractivity contribution < 1.29 is 23.9 Å². The van der Waals surface area contributed by atoms with Crippen LogP contribution in [0.2, 0.25) is 0 Å². The zero-order valence-electron chi connectivity index (χ0n) is 24.3. The van der Waals surface area contributed by atoms with Crippen molar-refractivity contribution in [3.05, 3.63) is 35.9 Å². The van der Waals surface area contributed by atoms with E-state index in [1.165, 1.54) is 4.90 Å². The average molecular weight is 533 g/mol. The summed E-state index contributed by atoms with van der Waals surface area (Å²) in [6.07, 6.45) is 4.66. The van der Waals surface area contributed by atoms with E-state index in [9.17, 15) is 19.2 Å². The van der Waals surface area contributed by atoms with E-state index in [0.717, 1.165) is 32.1 Å². The molecule has 0 fully saturated rings. The fourth-order valence-electron chi connectivity index (χ4n) is 4.03. The van der Waals surface area contributed by atoms with Crippen LogP contribution in [0.4, 0.5) is 4.79 Å². The molecule has 0 aliphatic carbocycles. The van der Waals surface area contributed by atoms with Gasteiger partial charge in [0.2, 0.25) is 17.7 Å². The molecule has 1 aromatic rings. The first-order chi connectivity index (χ1) is 17.6. The van der Waals surface area contributed by atoms with Crippen molar-refractivity contribution in [2.45, 2.75) is 117 Å². The van der Waals surface area contributed by atoms with E-state index in [2.05, 4.69) is 17.6 Å². The maximum Gasteiger partial charge on any atom is 0.408 e. The summed E-state index contributed by atoms with van der Waals surface area (Å²) in [6, 6.07) is 6.78. The molecule has 0 spiro atoms. The van der Waals surface area contributed by atoms with Crippen LogP contribution >= 0.6 is 0 Å². The number of benzene rings is 1. The Hall–Kier alpha value is -3.10. The van der Waals surface area contributed by atoms with E-state index < -0.39 is 47.6 Å². The maximum atomic E-state index is 14.0. The molecule has 0 heterocycles. The van der Waals surface area contributed by atoms with E-state index in [0.29, 0.717) is 12.0 Å². The van der Waals surface area contributed by atoms with Crippen LogP contribution in [-0.2, 0) is 19.1 Å². The van der Waals surface area contributed by atoms with Gasteiger partial charge in [0.15, 0.2) is 0 Å². The summed E-state index contributed by atoms with van der Waals surface area (Å²) in [5.74, 6) is -1.67. The molecule has 1 aromatic carbocycles. The van der Waals surface area contributed by atoms with E-state index >= 15 is 0 Å². The van der Waals surface area contributed by atoms with E-state index in [-0.39, 0.29) is 12.5 Å². The number of rotatable bonds is 14. The topological polar surface area (TPSA) is 131 Å². The molecule has 0 aliphatic rings. The molecule has 1 rings (SSSR count). The highest BCUT2D eigenvalue weighted by Crippen LogP contribution is 2.25. The summed E-state index contributed by atoms with van der Waals surface area (Å²) < 4.78 is 5.32. The van der Waals surface area contributed by atoms with Gasteiger partial charge >= 0.3 is 6.09 Å². The van der Waals surface area contributed by atoms with E-state index in [4.69, 9.17) is 10.5 Å². The zero-order valence-corrected chi connectivity index (χ0v) is 24.3. The summed E-state index contributed by atoms with van der Waals surface area (Å²) in [4.78, 5) is 53.6. The van der Waals surface area contributed by atoms with Gasteiger partial charge in [0.05, 0.1) is 6.42 Å². The molecule has 214 valence electrons. The Bertz CT molecular complexity index is 906. The van der Waals surface area contributed by atoms with Crippen molar-refractivity contribution in [1.82, 2.24) is 15.5 Å². The monoisotopic (exact) mass is 532 g/mol. The lowest BCUT2D eigenvalue weighted by molar-refractivity contribution is -0.144. The van der Waals surface area contributed by atoms with Gasteiger partial charge in [-0.2, -0.15) is 0 Å². The number of amides is 4. The molecule has 0 aromatic heterocycles. The third-order valence-electron chi connectivity index (χ3n) is 5.60. The Morgan fingerprint density at radius 1 is 0.921 bits per heavy atom. The SMILES string of the molecule is CCCCCCCCN(C(=O)C(CC(N)=O)NC(=O)OC(C)(C)C)C(C(=O)NC(C)(C)C)c1ccccc1. The number of nitrogens with zero attached hydrogens (tertiary/aromatic N) is 1. The third kappa shape index (κ3) is 12.9. The van der Waals surface area contributed by atoms with Gasteiger partial charge < -0.3 is 26.0 Å². The smallest absolute Gasteiger partial charge is 0.408 e. The average Bonchev–Trinajstić information content (AvgIpc) is 2.77. The van der Waals surface area contributed by atoms with Crippen LogP contribution in [0.1, 0.15) is 105 Å². The van der Waals surface area contributed by atoms with Crippen LogP contribution in [0, 0.1) is 0 Å². The molecule has 0 radical (unpaired) electrons. The first kappa shape index (κ1) is 32.9. The number of ether oxygens (including phenoxy) is 1. The Kier molecular flexibility index (Phi) is 13.3. The number of carbonyl (C=O) groups excluding carboxylic acids is 4. The third-order valence-corrected chi connectivity index (χ3v) is 5.60. The number of nitrogens with one attached hydrogen (secondary N) is 2. The quantitative estimate of drug-likeness (QED) is 0.301. The van der Waals surface area contributed by atoms with Gasteiger partial charge in [-0.05, 0) is 53.5 Å². The summed E-state index contributed by atoms with van der Waals surface area (Å²) in [7, 11) is 0. The minimum Gasteiger partial charge on any atom is -0.444 e. The normalized spacial score (nSPS) is 13.2. The van der Waals surface area contributed by atoms with Crippen LogP contribution in [0.15, 0.2) is 30.3 Å². The maximum absolute atomic E-state index is 14.0. The van der Waals surface area contributed by atoms with Crippen molar-refractivity contribution in [1.29, 1.82) is 0 Å². The summed E-state index contributed by atoms with van der Waals surface area (Å²) in [5, 5.41) is 5.50. The Morgan fingerprint density at radius 2 is 1.50 bits per heavy atom. The highest BCUT2D eigenvalue weighted by atomic mass is 16.6. The van der Waals surface area contributed by atoms with Gasteiger partial charge in [-0.3, -0.25) is 14.4 Å². The van der Waals surface area contributed by atoms with Crippen LogP contribution in [0.3, 0.4) is 0 Å². The van der Waals surface area contributed by atoms with Gasteiger partial charge in [-0.1, -0.05) is 69.4 Å². The molecule has 0 saturated heterocycles. The highest BCUT2D eigenvalue weighted by Gasteiger charge is 2.37. The Labute approximate surface area is 228 Å². The Morgan fingerprint density at radius 3 is 2.03 bits per heavy atom. The number of carbonyl (C=O) groups is 4. The fourth-order valence-corrected chi connectivity index (χ4v) is 4.03. The molecule has 38 heavy (non-hydrogen) atoms. The van der Waals surface area contributed by atoms with Crippen LogP contribution in [0.25, 0.3) is 0 Å². The fraction of sp³-hybridized carbons (Fsp3) is 0.655. The first-order valence-electron chi connectivity index (χ1n) is 13.6. The molecule has 9 nitrogen and oxygen atoms in total. The number of nitrogens with two attached hydrogens (primary N) is 1. The molecule has 0 aliphatic heterocycles. The molecule has 2 unspecified atom stereocenters. The highest BCUT2D eigenvalue weighted by molar-refractivity contribution is 5.94. The molecule has 0 saturated carbocycles. The predicted octanol–water partition coefficient (Wildman–Crippen LogP) is 4.60. The van der Waals surface area contributed by atoms with Gasteiger partial charge in [-0.15, -0.1) is 0 Å². The molecule has 4 amide bonds. The summed E-state index contributed by atoms with van der Waals surface area (Å²) in [6.45, 7) is 13.1. The molecule has 4 N–H and O–H groups in total. The molecule has 2 atom stereocenters. The largest absolute Gasteiger partial charge is 0.444 e. The van der Waals surface area contributed by atoms with Crippen molar-refractivity contribution in [2.75, 3.05) is 6.54 Å². The summed E-state index contributed by atoms with van der Waals surface area (Å²) in [5.41, 5.74) is 4.73. The number of hydrogen-bond acceptors (Lipinski definition) is 5. The molecular formula is C29H48N4O5. The minimum atomic E-state index is -1.28. The van der Waals surface area contributed by atoms with Crippen LogP contribution in [-0.4, -0.2) is 52.4 Å². The lowest BCUT2D eigenvalue weighted by Crippen LogP contribution is -2.55. The van der Waals surface area contributed by atoms with E-state index in [1.807, 2.05) is 26.8 Å². The van der Waals surface area contributed by atoms with Gasteiger partial charge in [0.25, 0.3) is 0 Å². The lowest BCUT2D eigenvalue weighted by Gasteiger charge is -2.36. The zero-order chi connectivity index (χ0) is 28.9. The van der Waals surface area contributed by atoms with Crippen LogP contribution < -0.4 is 16.4 Å². The van der Waals surface area contributed by atoms with Gasteiger partial charge in [0.1, 0.15) is 17.7 Å². The Balaban J connectivity index is 3.41. The first-order valence-corrected chi connectivity index (χ1v) is 13.6. The second-order valence-electron chi connectivity index (χ2n) is 11.7. The van der Waals surface area contributed by atoms with Crippen LogP contribution in [0.5, 0.6) is 0 Å². The number of primary amides is 1. The molecular weight excluding hydrogens is 484 g/mol. The standard InChI is InChI=1S/C29H48N4O5/c1-8-9-10-11-12-16-19-33(24(21-17-14-13-15-18-21)25(35)32-28(2,3)4)26(36)22(20-23(30)34)31-27(37)38-29(5,6)7/h13-15,17-18,22,24H,8-12,16,19-20H2,1-7H3,(H2,30,34)(H,31,37)(H,32,35). The van der Waals surface area contributed by atoms with Gasteiger partial charge in [-0.25, -0.2) is 4.79 Å². The number of hydrogen-bond donors (Lipinski definition) is 3. The van der Waals surface area contributed by atoms with Gasteiger partial charge in [0, 0.05) is 12.1 Å². The van der Waals surface area contributed by atoms with Crippen molar-refractivity contribution in [2.24, 2.45) is 5.73 Å². The lowest BCUT2D eigenvalue weighted by atomic mass is 9.99. The van der Waals surface area contributed by atoms with E-state index in [1.54, 1.807) is 45.0 Å².